The fourth-order valence-corrected chi connectivity index (χ4v) is 2.90. The van der Waals surface area contributed by atoms with E-state index in [0.29, 0.717) is 23.1 Å². The Balaban J connectivity index is 1.71. The topological polar surface area (TPSA) is 29.5 Å². The van der Waals surface area contributed by atoms with Crippen LogP contribution in [-0.2, 0) is 4.74 Å². The van der Waals surface area contributed by atoms with Crippen LogP contribution in [0.1, 0.15) is 43.0 Å². The van der Waals surface area contributed by atoms with Crippen LogP contribution in [0.15, 0.2) is 29.2 Å². The van der Waals surface area contributed by atoms with E-state index in [4.69, 9.17) is 4.74 Å². The van der Waals surface area contributed by atoms with Gasteiger partial charge < -0.3 is 9.64 Å². The van der Waals surface area contributed by atoms with E-state index in [1.807, 2.05) is 12.1 Å². The Kier molecular flexibility index (Phi) is 5.92. The molecule has 1 fully saturated rings. The molecule has 1 aliphatic rings. The summed E-state index contributed by atoms with van der Waals surface area (Å²) in [5.74, 6) is -0.276. The zero-order valence-electron chi connectivity index (χ0n) is 12.0. The summed E-state index contributed by atoms with van der Waals surface area (Å²) >= 11 is 4.27. The standard InChI is InChI=1S/C16H23NO2S/c1-13-7-4-5-10-17(13)11-6-12-19-16(18)14-8-2-3-9-15(14)20/h2-3,8-9,13,20H,4-7,10-12H2,1H3. The molecule has 1 aromatic carbocycles. The Morgan fingerprint density at radius 3 is 2.95 bits per heavy atom. The lowest BCUT2D eigenvalue weighted by molar-refractivity contribution is 0.0471. The number of carbonyl (C=O) groups is 1. The van der Waals surface area contributed by atoms with Gasteiger partial charge in [0, 0.05) is 17.5 Å². The maximum absolute atomic E-state index is 11.9. The lowest BCUT2D eigenvalue weighted by atomic mass is 10.0. The van der Waals surface area contributed by atoms with E-state index in [2.05, 4.69) is 24.5 Å². The molecule has 0 aromatic heterocycles. The molecule has 0 bridgehead atoms. The van der Waals surface area contributed by atoms with Gasteiger partial charge in [-0.25, -0.2) is 4.79 Å². The molecule has 20 heavy (non-hydrogen) atoms. The van der Waals surface area contributed by atoms with E-state index < -0.39 is 0 Å². The summed E-state index contributed by atoms with van der Waals surface area (Å²) in [5, 5.41) is 0. The van der Waals surface area contributed by atoms with Crippen molar-refractivity contribution in [2.75, 3.05) is 19.7 Å². The molecule has 1 heterocycles. The average Bonchev–Trinajstić information content (AvgIpc) is 2.45. The van der Waals surface area contributed by atoms with Crippen LogP contribution in [-0.4, -0.2) is 36.6 Å². The van der Waals surface area contributed by atoms with Crippen molar-refractivity contribution < 1.29 is 9.53 Å². The predicted molar refractivity (Wildman–Crippen MR) is 83.5 cm³/mol. The highest BCUT2D eigenvalue weighted by Gasteiger charge is 2.17. The summed E-state index contributed by atoms with van der Waals surface area (Å²) in [5.41, 5.74) is 0.544. The van der Waals surface area contributed by atoms with Crippen molar-refractivity contribution in [2.24, 2.45) is 0 Å². The van der Waals surface area contributed by atoms with E-state index in [1.165, 1.54) is 25.8 Å². The minimum absolute atomic E-state index is 0.276. The molecule has 0 amide bonds. The lowest BCUT2D eigenvalue weighted by Gasteiger charge is -2.33. The molecule has 1 saturated heterocycles. The Hall–Kier alpha value is -1.00. The number of thiol groups is 1. The van der Waals surface area contributed by atoms with Crippen LogP contribution >= 0.6 is 12.6 Å². The number of rotatable bonds is 5. The smallest absolute Gasteiger partial charge is 0.339 e. The van der Waals surface area contributed by atoms with Crippen LogP contribution in [0.2, 0.25) is 0 Å². The highest BCUT2D eigenvalue weighted by atomic mass is 32.1. The minimum Gasteiger partial charge on any atom is -0.462 e. The Bertz CT molecular complexity index is 450. The molecule has 1 aromatic rings. The van der Waals surface area contributed by atoms with E-state index in [9.17, 15) is 4.79 Å². The van der Waals surface area contributed by atoms with Gasteiger partial charge in [0.15, 0.2) is 0 Å². The molecule has 0 radical (unpaired) electrons. The fourth-order valence-electron chi connectivity index (χ4n) is 2.65. The second-order valence-corrected chi connectivity index (χ2v) is 5.87. The highest BCUT2D eigenvalue weighted by molar-refractivity contribution is 7.80. The van der Waals surface area contributed by atoms with Gasteiger partial charge in [-0.15, -0.1) is 12.6 Å². The second-order valence-electron chi connectivity index (χ2n) is 5.39. The first kappa shape index (κ1) is 15.4. The Labute approximate surface area is 126 Å². The molecule has 0 spiro atoms. The van der Waals surface area contributed by atoms with Gasteiger partial charge >= 0.3 is 5.97 Å². The van der Waals surface area contributed by atoms with Crippen molar-refractivity contribution in [3.05, 3.63) is 29.8 Å². The molecular formula is C16H23NO2S. The molecule has 1 unspecified atom stereocenters. The number of likely N-dealkylation sites (tertiary alicyclic amines) is 1. The van der Waals surface area contributed by atoms with Gasteiger partial charge in [-0.05, 0) is 44.9 Å². The van der Waals surface area contributed by atoms with Gasteiger partial charge in [0.05, 0.1) is 12.2 Å². The van der Waals surface area contributed by atoms with Crippen LogP contribution in [0.3, 0.4) is 0 Å². The third-order valence-electron chi connectivity index (χ3n) is 3.89. The van der Waals surface area contributed by atoms with Gasteiger partial charge in [-0.1, -0.05) is 18.6 Å². The van der Waals surface area contributed by atoms with E-state index >= 15 is 0 Å². The van der Waals surface area contributed by atoms with Gasteiger partial charge in [0.2, 0.25) is 0 Å². The van der Waals surface area contributed by atoms with Crippen molar-refractivity contribution in [2.45, 2.75) is 43.5 Å². The van der Waals surface area contributed by atoms with E-state index in [0.717, 1.165) is 13.0 Å². The number of esters is 1. The quantitative estimate of drug-likeness (QED) is 0.512. The Morgan fingerprint density at radius 2 is 2.20 bits per heavy atom. The molecule has 4 heteroatoms. The number of hydrogen-bond donors (Lipinski definition) is 1. The molecular weight excluding hydrogens is 270 g/mol. The monoisotopic (exact) mass is 293 g/mol. The molecule has 1 aliphatic heterocycles. The van der Waals surface area contributed by atoms with Crippen LogP contribution in [0.25, 0.3) is 0 Å². The number of carbonyl (C=O) groups excluding carboxylic acids is 1. The maximum atomic E-state index is 11.9. The van der Waals surface area contributed by atoms with E-state index in [-0.39, 0.29) is 5.97 Å². The van der Waals surface area contributed by atoms with Crippen LogP contribution in [0, 0.1) is 0 Å². The third kappa shape index (κ3) is 4.25. The highest BCUT2D eigenvalue weighted by Crippen LogP contribution is 2.17. The average molecular weight is 293 g/mol. The molecule has 110 valence electrons. The summed E-state index contributed by atoms with van der Waals surface area (Å²) in [6, 6.07) is 7.90. The summed E-state index contributed by atoms with van der Waals surface area (Å²) in [6.07, 6.45) is 4.81. The number of benzene rings is 1. The SMILES string of the molecule is CC1CCCCN1CCCOC(=O)c1ccccc1S. The first-order chi connectivity index (χ1) is 9.68. The lowest BCUT2D eigenvalue weighted by Crippen LogP contribution is -2.38. The van der Waals surface area contributed by atoms with Gasteiger partial charge in [-0.2, -0.15) is 0 Å². The van der Waals surface area contributed by atoms with E-state index in [1.54, 1.807) is 12.1 Å². The van der Waals surface area contributed by atoms with Crippen LogP contribution in [0.5, 0.6) is 0 Å². The van der Waals surface area contributed by atoms with Gasteiger partial charge in [0.1, 0.15) is 0 Å². The zero-order chi connectivity index (χ0) is 14.4. The van der Waals surface area contributed by atoms with Crippen LogP contribution in [0.4, 0.5) is 0 Å². The molecule has 3 nitrogen and oxygen atoms in total. The van der Waals surface area contributed by atoms with Crippen molar-refractivity contribution >= 4 is 18.6 Å². The summed E-state index contributed by atoms with van der Waals surface area (Å²) in [7, 11) is 0. The summed E-state index contributed by atoms with van der Waals surface area (Å²) < 4.78 is 5.32. The largest absolute Gasteiger partial charge is 0.462 e. The number of nitrogens with zero attached hydrogens (tertiary/aromatic N) is 1. The molecule has 0 aliphatic carbocycles. The predicted octanol–water partition coefficient (Wildman–Crippen LogP) is 3.40. The zero-order valence-corrected chi connectivity index (χ0v) is 12.9. The second kappa shape index (κ2) is 7.70. The molecule has 0 N–H and O–H groups in total. The third-order valence-corrected chi connectivity index (χ3v) is 4.28. The Morgan fingerprint density at radius 1 is 1.40 bits per heavy atom. The number of piperidine rings is 1. The number of ether oxygens (including phenoxy) is 1. The van der Waals surface area contributed by atoms with Gasteiger partial charge in [-0.3, -0.25) is 0 Å². The molecule has 2 rings (SSSR count). The summed E-state index contributed by atoms with van der Waals surface area (Å²) in [6.45, 7) is 4.94. The first-order valence-corrected chi connectivity index (χ1v) is 7.82. The fraction of sp³-hybridized carbons (Fsp3) is 0.562. The normalized spacial score (nSPS) is 19.8. The van der Waals surface area contributed by atoms with Crippen molar-refractivity contribution in [3.63, 3.8) is 0 Å². The maximum Gasteiger partial charge on any atom is 0.339 e. The molecule has 1 atom stereocenters. The van der Waals surface area contributed by atoms with Crippen LogP contribution < -0.4 is 0 Å². The van der Waals surface area contributed by atoms with Crippen molar-refractivity contribution in [3.8, 4) is 0 Å². The first-order valence-electron chi connectivity index (χ1n) is 7.37. The van der Waals surface area contributed by atoms with Gasteiger partial charge in [0.25, 0.3) is 0 Å². The van der Waals surface area contributed by atoms with Crippen molar-refractivity contribution in [1.82, 2.24) is 4.90 Å². The number of hydrogen-bond acceptors (Lipinski definition) is 4. The minimum atomic E-state index is -0.276. The summed E-state index contributed by atoms with van der Waals surface area (Å²) in [4.78, 5) is 15.1. The molecule has 0 saturated carbocycles. The van der Waals surface area contributed by atoms with Crippen molar-refractivity contribution in [1.29, 1.82) is 0 Å².